The minimum absolute atomic E-state index is 0.261. The van der Waals surface area contributed by atoms with Crippen LogP contribution in [0.4, 0.5) is 4.79 Å². The Morgan fingerprint density at radius 3 is 2.18 bits per heavy atom. The van der Waals surface area contributed by atoms with Crippen molar-refractivity contribution in [2.24, 2.45) is 0 Å². The van der Waals surface area contributed by atoms with Crippen LogP contribution in [0, 0.1) is 13.8 Å². The number of aryl methyl sites for hydroxylation is 2. The fourth-order valence-electron chi connectivity index (χ4n) is 3.19. The molecular weight excluding hydrogens is 428 g/mol. The molecule has 1 amide bonds. The molecule has 33 heavy (non-hydrogen) atoms. The van der Waals surface area contributed by atoms with Crippen LogP contribution in [-0.4, -0.2) is 40.7 Å². The van der Waals surface area contributed by atoms with Crippen molar-refractivity contribution in [3.63, 3.8) is 0 Å². The molecular formula is C24H26N2O7. The van der Waals surface area contributed by atoms with E-state index in [2.05, 4.69) is 4.98 Å². The number of hydrogen-bond donors (Lipinski definition) is 1. The summed E-state index contributed by atoms with van der Waals surface area (Å²) in [4.78, 5) is 29.6. The molecule has 0 aliphatic heterocycles. The van der Waals surface area contributed by atoms with Gasteiger partial charge in [0.1, 0.15) is 41.9 Å². The number of ether oxygens (including phenoxy) is 3. The highest BCUT2D eigenvalue weighted by molar-refractivity contribution is 5.78. The maximum Gasteiger partial charge on any atom is 0.416 e. The largest absolute Gasteiger partial charge is 0.497 e. The summed E-state index contributed by atoms with van der Waals surface area (Å²) in [5.74, 6) is 1.64. The normalized spacial score (nSPS) is 11.5. The number of aliphatic carboxylic acids is 1. The molecule has 0 saturated heterocycles. The fourth-order valence-corrected chi connectivity index (χ4v) is 3.19. The number of methoxy groups -OCH3 is 1. The summed E-state index contributed by atoms with van der Waals surface area (Å²) in [5.41, 5.74) is 1.45. The van der Waals surface area contributed by atoms with Gasteiger partial charge < -0.3 is 23.7 Å². The van der Waals surface area contributed by atoms with Gasteiger partial charge in [-0.3, -0.25) is 9.69 Å². The van der Waals surface area contributed by atoms with Gasteiger partial charge in [0, 0.05) is 6.92 Å². The van der Waals surface area contributed by atoms with E-state index in [1.807, 2.05) is 6.92 Å². The molecule has 1 heterocycles. The summed E-state index contributed by atoms with van der Waals surface area (Å²) in [6.07, 6.45) is -0.771. The summed E-state index contributed by atoms with van der Waals surface area (Å²) < 4.78 is 21.6. The minimum Gasteiger partial charge on any atom is -0.497 e. The lowest BCUT2D eigenvalue weighted by atomic mass is 10.1. The molecule has 1 atom stereocenters. The lowest BCUT2D eigenvalue weighted by Gasteiger charge is -2.27. The van der Waals surface area contributed by atoms with Crippen LogP contribution in [0.3, 0.4) is 0 Å². The zero-order valence-corrected chi connectivity index (χ0v) is 18.9. The first-order valence-corrected chi connectivity index (χ1v) is 10.3. The van der Waals surface area contributed by atoms with Gasteiger partial charge in [0.2, 0.25) is 0 Å². The number of carbonyl (C=O) groups is 2. The predicted molar refractivity (Wildman–Crippen MR) is 119 cm³/mol. The minimum atomic E-state index is -1.15. The van der Waals surface area contributed by atoms with Crippen LogP contribution in [0.2, 0.25) is 0 Å². The number of oxazole rings is 1. The maximum atomic E-state index is 12.7. The molecule has 3 aromatic rings. The quantitative estimate of drug-likeness (QED) is 0.502. The van der Waals surface area contributed by atoms with Gasteiger partial charge in [-0.15, -0.1) is 0 Å². The first-order valence-electron chi connectivity index (χ1n) is 10.3. The van der Waals surface area contributed by atoms with Gasteiger partial charge in [0.25, 0.3) is 0 Å². The summed E-state index contributed by atoms with van der Waals surface area (Å²) in [7, 11) is 1.53. The van der Waals surface area contributed by atoms with E-state index in [1.165, 1.54) is 7.11 Å². The third-order valence-corrected chi connectivity index (χ3v) is 5.01. The number of carboxylic acids is 1. The summed E-state index contributed by atoms with van der Waals surface area (Å²) in [6, 6.07) is 12.9. The molecule has 0 fully saturated rings. The standard InChI is InChI=1S/C24H26N2O7/c1-15(18-5-7-20(8-6-18)31-14-22-16(2)32-17(3)25-22)26(13-23(27)28)24(29)33-21-11-9-19(30-4)10-12-21/h5-12,15H,13-14H2,1-4H3,(H,27,28). The topological polar surface area (TPSA) is 111 Å². The molecule has 0 bridgehead atoms. The molecule has 0 aliphatic carbocycles. The van der Waals surface area contributed by atoms with E-state index in [0.29, 0.717) is 23.1 Å². The van der Waals surface area contributed by atoms with Gasteiger partial charge in [-0.25, -0.2) is 9.78 Å². The molecule has 2 aromatic carbocycles. The van der Waals surface area contributed by atoms with E-state index in [4.69, 9.17) is 18.6 Å². The van der Waals surface area contributed by atoms with Gasteiger partial charge in [-0.2, -0.15) is 0 Å². The molecule has 0 spiro atoms. The monoisotopic (exact) mass is 454 g/mol. The molecule has 1 aromatic heterocycles. The van der Waals surface area contributed by atoms with Crippen molar-refractivity contribution in [3.05, 3.63) is 71.4 Å². The smallest absolute Gasteiger partial charge is 0.416 e. The highest BCUT2D eigenvalue weighted by Gasteiger charge is 2.26. The second-order valence-electron chi connectivity index (χ2n) is 7.33. The van der Waals surface area contributed by atoms with Crippen LogP contribution in [-0.2, 0) is 11.4 Å². The zero-order chi connectivity index (χ0) is 24.0. The van der Waals surface area contributed by atoms with Gasteiger partial charge in [0.15, 0.2) is 5.89 Å². The van der Waals surface area contributed by atoms with Crippen LogP contribution in [0.15, 0.2) is 52.9 Å². The molecule has 9 nitrogen and oxygen atoms in total. The Bertz CT molecular complexity index is 1090. The number of carbonyl (C=O) groups excluding carboxylic acids is 1. The van der Waals surface area contributed by atoms with Crippen molar-refractivity contribution in [2.45, 2.75) is 33.4 Å². The van der Waals surface area contributed by atoms with Gasteiger partial charge >= 0.3 is 12.1 Å². The lowest BCUT2D eigenvalue weighted by Crippen LogP contribution is -2.39. The van der Waals surface area contributed by atoms with Crippen molar-refractivity contribution < 1.29 is 33.3 Å². The molecule has 1 N–H and O–H groups in total. The Hall–Kier alpha value is -4.01. The van der Waals surface area contributed by atoms with E-state index in [0.717, 1.165) is 16.2 Å². The first kappa shape index (κ1) is 23.6. The highest BCUT2D eigenvalue weighted by Crippen LogP contribution is 2.25. The Kier molecular flexibility index (Phi) is 7.55. The lowest BCUT2D eigenvalue weighted by molar-refractivity contribution is -0.138. The summed E-state index contributed by atoms with van der Waals surface area (Å²) in [5, 5.41) is 9.31. The van der Waals surface area contributed by atoms with Crippen molar-refractivity contribution in [2.75, 3.05) is 13.7 Å². The van der Waals surface area contributed by atoms with Crippen LogP contribution < -0.4 is 14.2 Å². The van der Waals surface area contributed by atoms with E-state index >= 15 is 0 Å². The number of nitrogens with zero attached hydrogens (tertiary/aromatic N) is 2. The molecule has 3 rings (SSSR count). The fraction of sp³-hybridized carbons (Fsp3) is 0.292. The number of aromatic nitrogens is 1. The average Bonchev–Trinajstić information content (AvgIpc) is 3.13. The molecule has 0 saturated carbocycles. The SMILES string of the molecule is COc1ccc(OC(=O)N(CC(=O)O)C(C)c2ccc(OCc3nc(C)oc3C)cc2)cc1. The summed E-state index contributed by atoms with van der Waals surface area (Å²) in [6.45, 7) is 5.08. The summed E-state index contributed by atoms with van der Waals surface area (Å²) >= 11 is 0. The molecule has 9 heteroatoms. The van der Waals surface area contributed by atoms with Crippen molar-refractivity contribution in [1.82, 2.24) is 9.88 Å². The van der Waals surface area contributed by atoms with Gasteiger partial charge in [-0.05, 0) is 55.8 Å². The van der Waals surface area contributed by atoms with Gasteiger partial charge in [0.05, 0.1) is 13.2 Å². The zero-order valence-electron chi connectivity index (χ0n) is 18.9. The van der Waals surface area contributed by atoms with Crippen LogP contribution in [0.5, 0.6) is 17.2 Å². The Morgan fingerprint density at radius 1 is 1.03 bits per heavy atom. The molecule has 174 valence electrons. The maximum absolute atomic E-state index is 12.7. The average molecular weight is 454 g/mol. The Labute approximate surface area is 191 Å². The third-order valence-electron chi connectivity index (χ3n) is 5.01. The van der Waals surface area contributed by atoms with E-state index in [1.54, 1.807) is 62.4 Å². The van der Waals surface area contributed by atoms with E-state index in [9.17, 15) is 14.7 Å². The van der Waals surface area contributed by atoms with Crippen molar-refractivity contribution >= 4 is 12.1 Å². The Balaban J connectivity index is 1.68. The van der Waals surface area contributed by atoms with Gasteiger partial charge in [-0.1, -0.05) is 12.1 Å². The van der Waals surface area contributed by atoms with Crippen LogP contribution >= 0.6 is 0 Å². The van der Waals surface area contributed by atoms with E-state index < -0.39 is 24.6 Å². The first-order chi connectivity index (χ1) is 15.8. The highest BCUT2D eigenvalue weighted by atomic mass is 16.6. The number of rotatable bonds is 9. The van der Waals surface area contributed by atoms with E-state index in [-0.39, 0.29) is 12.4 Å². The second-order valence-corrected chi connectivity index (χ2v) is 7.33. The van der Waals surface area contributed by atoms with Crippen molar-refractivity contribution in [1.29, 1.82) is 0 Å². The Morgan fingerprint density at radius 2 is 1.64 bits per heavy atom. The van der Waals surface area contributed by atoms with Crippen LogP contribution in [0.25, 0.3) is 0 Å². The predicted octanol–water partition coefficient (Wildman–Crippen LogP) is 4.53. The molecule has 1 unspecified atom stereocenters. The molecule has 0 aliphatic rings. The third kappa shape index (κ3) is 6.25. The second kappa shape index (κ2) is 10.5. The number of hydrogen-bond acceptors (Lipinski definition) is 7. The number of amides is 1. The van der Waals surface area contributed by atoms with Crippen LogP contribution in [0.1, 0.15) is 35.9 Å². The number of benzene rings is 2. The molecule has 0 radical (unpaired) electrons. The van der Waals surface area contributed by atoms with Crippen molar-refractivity contribution in [3.8, 4) is 17.2 Å². The number of carboxylic acid groups (broad SMARTS) is 1.